The fourth-order valence-corrected chi connectivity index (χ4v) is 3.78. The molecule has 0 bridgehead atoms. The van der Waals surface area contributed by atoms with Crippen LogP contribution in [0, 0.1) is 0 Å². The number of aromatic nitrogens is 1. The molecular weight excluding hydrogens is 332 g/mol. The van der Waals surface area contributed by atoms with Crippen molar-refractivity contribution in [2.45, 2.75) is 13.0 Å². The zero-order valence-electron chi connectivity index (χ0n) is 12.2. The van der Waals surface area contributed by atoms with E-state index in [4.69, 9.17) is 16.0 Å². The van der Waals surface area contributed by atoms with Crippen LogP contribution in [-0.2, 0) is 6.54 Å². The molecule has 0 spiro atoms. The van der Waals surface area contributed by atoms with E-state index in [-0.39, 0.29) is 5.56 Å². The Morgan fingerprint density at radius 1 is 1.30 bits per heavy atom. The van der Waals surface area contributed by atoms with Crippen molar-refractivity contribution in [2.75, 3.05) is 6.54 Å². The molecule has 1 aliphatic rings. The number of benzene rings is 1. The van der Waals surface area contributed by atoms with Gasteiger partial charge < -0.3 is 4.42 Å². The van der Waals surface area contributed by atoms with Gasteiger partial charge in [0.2, 0.25) is 0 Å². The quantitative estimate of drug-likeness (QED) is 0.717. The summed E-state index contributed by atoms with van der Waals surface area (Å²) in [5.41, 5.74) is 0.920. The minimum Gasteiger partial charge on any atom is -0.457 e. The maximum Gasteiger partial charge on any atom is 0.270 e. The summed E-state index contributed by atoms with van der Waals surface area (Å²) in [4.78, 5) is 17.6. The van der Waals surface area contributed by atoms with Gasteiger partial charge in [-0.15, -0.1) is 0 Å². The van der Waals surface area contributed by atoms with E-state index < -0.39 is 0 Å². The van der Waals surface area contributed by atoms with Gasteiger partial charge in [-0.1, -0.05) is 35.1 Å². The van der Waals surface area contributed by atoms with Gasteiger partial charge in [-0.2, -0.15) is 0 Å². The summed E-state index contributed by atoms with van der Waals surface area (Å²) in [6.07, 6.45) is 2.70. The number of fused-ring (bicyclic) bond motifs is 1. The van der Waals surface area contributed by atoms with Crippen LogP contribution in [0.15, 0.2) is 50.6 Å². The minimum atomic E-state index is 0.00848. The SMILES string of the molecule is O=c1c(=Cc2ccc(-c3cccc(Cl)c3)o2)sc2n1CCCN=2. The topological polar surface area (TPSA) is 47.5 Å². The number of hydrogen-bond donors (Lipinski definition) is 0. The first-order valence-electron chi connectivity index (χ1n) is 7.32. The van der Waals surface area contributed by atoms with Gasteiger partial charge in [-0.25, -0.2) is 0 Å². The lowest BCUT2D eigenvalue weighted by Gasteiger charge is -2.03. The maximum atomic E-state index is 12.4. The highest BCUT2D eigenvalue weighted by Gasteiger charge is 2.10. The van der Waals surface area contributed by atoms with Gasteiger partial charge in [0.1, 0.15) is 11.5 Å². The first kappa shape index (κ1) is 14.5. The summed E-state index contributed by atoms with van der Waals surface area (Å²) in [5.74, 6) is 1.38. The lowest BCUT2D eigenvalue weighted by molar-refractivity contribution is 0.568. The molecule has 3 aromatic rings. The van der Waals surface area contributed by atoms with Crippen LogP contribution in [0.4, 0.5) is 0 Å². The van der Waals surface area contributed by atoms with Gasteiger partial charge in [-0.05, 0) is 30.7 Å². The molecule has 4 nitrogen and oxygen atoms in total. The molecule has 1 aliphatic heterocycles. The number of thiazole rings is 1. The summed E-state index contributed by atoms with van der Waals surface area (Å²) in [5, 5.41) is 0.662. The Kier molecular flexibility index (Phi) is 3.67. The molecule has 0 radical (unpaired) electrons. The Bertz CT molecular complexity index is 1050. The summed E-state index contributed by atoms with van der Waals surface area (Å²) >= 11 is 7.42. The molecule has 0 aliphatic carbocycles. The van der Waals surface area contributed by atoms with E-state index in [2.05, 4.69) is 4.99 Å². The van der Waals surface area contributed by atoms with E-state index in [1.807, 2.05) is 36.4 Å². The van der Waals surface area contributed by atoms with Crippen LogP contribution in [-0.4, -0.2) is 11.1 Å². The van der Waals surface area contributed by atoms with E-state index >= 15 is 0 Å². The molecule has 116 valence electrons. The number of furan rings is 1. The molecule has 2 aromatic heterocycles. The molecule has 0 atom stereocenters. The van der Waals surface area contributed by atoms with Crippen LogP contribution in [0.1, 0.15) is 12.2 Å². The van der Waals surface area contributed by atoms with Crippen LogP contribution in [0.3, 0.4) is 0 Å². The Labute approximate surface area is 141 Å². The van der Waals surface area contributed by atoms with Gasteiger partial charge in [0, 0.05) is 29.8 Å². The van der Waals surface area contributed by atoms with Crippen LogP contribution < -0.4 is 14.9 Å². The van der Waals surface area contributed by atoms with Crippen LogP contribution in [0.5, 0.6) is 0 Å². The number of rotatable bonds is 2. The van der Waals surface area contributed by atoms with Gasteiger partial charge in [0.25, 0.3) is 5.56 Å². The highest BCUT2D eigenvalue weighted by Crippen LogP contribution is 2.24. The second kappa shape index (κ2) is 5.83. The molecule has 3 heterocycles. The molecule has 0 amide bonds. The van der Waals surface area contributed by atoms with Crippen molar-refractivity contribution in [3.8, 4) is 11.3 Å². The molecule has 0 saturated heterocycles. The molecule has 0 fully saturated rings. The summed E-state index contributed by atoms with van der Waals surface area (Å²) in [7, 11) is 0. The van der Waals surface area contributed by atoms with Gasteiger partial charge in [-0.3, -0.25) is 14.4 Å². The molecule has 4 rings (SSSR count). The normalized spacial score (nSPS) is 14.6. The van der Waals surface area contributed by atoms with Crippen LogP contribution in [0.25, 0.3) is 17.4 Å². The Morgan fingerprint density at radius 2 is 2.22 bits per heavy atom. The Balaban J connectivity index is 1.76. The van der Waals surface area contributed by atoms with Crippen molar-refractivity contribution < 1.29 is 4.42 Å². The lowest BCUT2D eigenvalue weighted by Crippen LogP contribution is -2.33. The third-order valence-electron chi connectivity index (χ3n) is 3.68. The third-order valence-corrected chi connectivity index (χ3v) is 4.96. The van der Waals surface area contributed by atoms with Crippen molar-refractivity contribution in [1.82, 2.24) is 4.57 Å². The monoisotopic (exact) mass is 344 g/mol. The van der Waals surface area contributed by atoms with Crippen LogP contribution in [0.2, 0.25) is 5.02 Å². The first-order valence-corrected chi connectivity index (χ1v) is 8.52. The molecule has 6 heteroatoms. The molecular formula is C17H13ClN2O2S. The number of hydrogen-bond acceptors (Lipinski definition) is 4. The lowest BCUT2D eigenvalue weighted by atomic mass is 10.2. The highest BCUT2D eigenvalue weighted by molar-refractivity contribution is 7.07. The predicted molar refractivity (Wildman–Crippen MR) is 91.6 cm³/mol. The van der Waals surface area contributed by atoms with Crippen molar-refractivity contribution in [3.05, 3.63) is 66.9 Å². The van der Waals surface area contributed by atoms with E-state index in [0.29, 0.717) is 15.3 Å². The smallest absolute Gasteiger partial charge is 0.270 e. The van der Waals surface area contributed by atoms with Crippen molar-refractivity contribution in [1.29, 1.82) is 0 Å². The first-order chi connectivity index (χ1) is 11.2. The Morgan fingerprint density at radius 3 is 3.04 bits per heavy atom. The largest absolute Gasteiger partial charge is 0.457 e. The average molecular weight is 345 g/mol. The maximum absolute atomic E-state index is 12.4. The van der Waals surface area contributed by atoms with Gasteiger partial charge >= 0.3 is 0 Å². The summed E-state index contributed by atoms with van der Waals surface area (Å²) in [6.45, 7) is 1.53. The fraction of sp³-hybridized carbons (Fsp3) is 0.176. The molecule has 1 aromatic carbocycles. The zero-order valence-corrected chi connectivity index (χ0v) is 13.7. The molecule has 23 heavy (non-hydrogen) atoms. The summed E-state index contributed by atoms with van der Waals surface area (Å²) in [6, 6.07) is 11.2. The third kappa shape index (κ3) is 2.78. The standard InChI is InChI=1S/C17H13ClN2O2S/c18-12-4-1-3-11(9-12)14-6-5-13(22-14)10-15-16(21)20-8-2-7-19-17(20)23-15/h1,3-6,9-10H,2,7-8H2. The number of nitrogens with zero attached hydrogens (tertiary/aromatic N) is 2. The van der Waals surface area contributed by atoms with Gasteiger partial charge in [0.05, 0.1) is 4.53 Å². The number of halogens is 1. The zero-order chi connectivity index (χ0) is 15.8. The predicted octanol–water partition coefficient (Wildman–Crippen LogP) is 2.68. The minimum absolute atomic E-state index is 0.00848. The second-order valence-corrected chi connectivity index (χ2v) is 6.74. The molecule has 0 unspecified atom stereocenters. The molecule has 0 saturated carbocycles. The van der Waals surface area contributed by atoms with E-state index in [0.717, 1.165) is 35.6 Å². The van der Waals surface area contributed by atoms with Gasteiger partial charge in [0.15, 0.2) is 4.80 Å². The fourth-order valence-electron chi connectivity index (χ4n) is 2.58. The average Bonchev–Trinajstić information content (AvgIpc) is 3.14. The Hall–Kier alpha value is -2.11. The van der Waals surface area contributed by atoms with Crippen molar-refractivity contribution >= 4 is 29.0 Å². The van der Waals surface area contributed by atoms with Crippen molar-refractivity contribution in [2.24, 2.45) is 4.99 Å². The van der Waals surface area contributed by atoms with Crippen LogP contribution >= 0.6 is 22.9 Å². The molecule has 0 N–H and O–H groups in total. The van der Waals surface area contributed by atoms with Crippen molar-refractivity contribution in [3.63, 3.8) is 0 Å². The van der Waals surface area contributed by atoms with E-state index in [1.54, 1.807) is 10.6 Å². The van der Waals surface area contributed by atoms with E-state index in [1.165, 1.54) is 11.3 Å². The second-order valence-electron chi connectivity index (χ2n) is 5.30. The summed E-state index contributed by atoms with van der Waals surface area (Å²) < 4.78 is 8.22. The van der Waals surface area contributed by atoms with E-state index in [9.17, 15) is 4.79 Å². The highest BCUT2D eigenvalue weighted by atomic mass is 35.5.